The highest BCUT2D eigenvalue weighted by Crippen LogP contribution is 2.11. The van der Waals surface area contributed by atoms with Crippen molar-refractivity contribution in [3.63, 3.8) is 0 Å². The second kappa shape index (κ2) is 8.81. The maximum atomic E-state index is 11.1. The summed E-state index contributed by atoms with van der Waals surface area (Å²) >= 11 is 4.95. The molecule has 20 heavy (non-hydrogen) atoms. The van der Waals surface area contributed by atoms with Gasteiger partial charge in [0.05, 0.1) is 5.56 Å². The minimum absolute atomic E-state index is 0.0283. The predicted molar refractivity (Wildman–Crippen MR) is 72.3 cm³/mol. The van der Waals surface area contributed by atoms with E-state index in [4.69, 9.17) is 16.7 Å². The molecule has 2 N–H and O–H groups in total. The van der Waals surface area contributed by atoms with E-state index in [9.17, 15) is 18.0 Å². The summed E-state index contributed by atoms with van der Waals surface area (Å²) in [4.78, 5) is 10.6. The molecule has 1 rings (SSSR count). The third-order valence-electron chi connectivity index (χ3n) is 2.39. The summed E-state index contributed by atoms with van der Waals surface area (Å²) in [5.74, 6) is -0.889. The van der Waals surface area contributed by atoms with E-state index in [0.29, 0.717) is 5.56 Å². The largest absolute Gasteiger partial charge is 0.478 e. The van der Waals surface area contributed by atoms with E-state index in [2.05, 4.69) is 6.92 Å². The number of nitrogens with one attached hydrogen (secondary N) is 1. The molecular formula is C13H17ClF3NO2. The summed E-state index contributed by atoms with van der Waals surface area (Å²) in [6, 6.07) is 5.23. The van der Waals surface area contributed by atoms with Crippen LogP contribution in [0.3, 0.4) is 0 Å². The number of aromatic carboxylic acids is 1. The monoisotopic (exact) mass is 311 g/mol. The van der Waals surface area contributed by atoms with Gasteiger partial charge in [-0.2, -0.15) is 13.2 Å². The van der Waals surface area contributed by atoms with Gasteiger partial charge in [-0.15, -0.1) is 11.6 Å². The quantitative estimate of drug-likeness (QED) is 0.660. The van der Waals surface area contributed by atoms with E-state index in [1.165, 1.54) is 10.9 Å². The number of carbonyl (C=O) groups is 1. The van der Waals surface area contributed by atoms with Crippen LogP contribution >= 0.6 is 11.6 Å². The summed E-state index contributed by atoms with van der Waals surface area (Å²) in [6.07, 6.45) is -3.33. The molecule has 7 heteroatoms. The van der Waals surface area contributed by atoms with Gasteiger partial charge in [0.1, 0.15) is 0 Å². The van der Waals surface area contributed by atoms with Gasteiger partial charge < -0.3 is 5.11 Å². The Hall–Kier alpha value is -1.27. The average Bonchev–Trinajstić information content (AvgIpc) is 2.36. The minimum atomic E-state index is -4.28. The summed E-state index contributed by atoms with van der Waals surface area (Å²) in [5.41, 5.74) is 2.63. The van der Waals surface area contributed by atoms with Crippen LogP contribution in [0.4, 0.5) is 13.2 Å². The Bertz CT molecular complexity index is 436. The average molecular weight is 312 g/mol. The number of hydrogen-bond acceptors (Lipinski definition) is 2. The lowest BCUT2D eigenvalue weighted by molar-refractivity contribution is -0.155. The van der Waals surface area contributed by atoms with Crippen LogP contribution in [0.15, 0.2) is 18.2 Å². The Labute approximate surface area is 120 Å². The summed E-state index contributed by atoms with van der Waals surface area (Å²) in [7, 11) is 0. The van der Waals surface area contributed by atoms with Crippen LogP contribution in [0.5, 0.6) is 0 Å². The van der Waals surface area contributed by atoms with E-state index in [1.54, 1.807) is 12.1 Å². The molecule has 0 amide bonds. The van der Waals surface area contributed by atoms with Gasteiger partial charge in [-0.25, -0.2) is 10.1 Å². The fourth-order valence-corrected chi connectivity index (χ4v) is 1.51. The van der Waals surface area contributed by atoms with Gasteiger partial charge in [0.15, 0.2) is 0 Å². The van der Waals surface area contributed by atoms with Crippen molar-refractivity contribution in [3.05, 3.63) is 34.9 Å². The van der Waals surface area contributed by atoms with Gasteiger partial charge in [0, 0.05) is 12.4 Å². The first kappa shape index (κ1) is 18.7. The molecule has 0 aromatic heterocycles. The zero-order chi connectivity index (χ0) is 15.8. The molecule has 1 aromatic rings. The minimum Gasteiger partial charge on any atom is -0.478 e. The number of benzene rings is 1. The van der Waals surface area contributed by atoms with Crippen LogP contribution in [0.1, 0.15) is 28.4 Å². The van der Waals surface area contributed by atoms with Gasteiger partial charge >= 0.3 is 12.3 Å². The first-order chi connectivity index (χ1) is 9.21. The van der Waals surface area contributed by atoms with Crippen molar-refractivity contribution < 1.29 is 23.1 Å². The summed E-state index contributed by atoms with van der Waals surface area (Å²) in [5, 5.41) is 9.91. The molecule has 0 radical (unpaired) electrons. The molecular weight excluding hydrogens is 295 g/mol. The number of aryl methyl sites for hydroxylation is 2. The Kier molecular flexibility index (Phi) is 8.25. The molecule has 0 saturated heterocycles. The maximum absolute atomic E-state index is 11.1. The van der Waals surface area contributed by atoms with Gasteiger partial charge in [0.2, 0.25) is 0 Å². The van der Waals surface area contributed by atoms with E-state index in [1.807, 2.05) is 13.0 Å². The zero-order valence-electron chi connectivity index (χ0n) is 11.2. The van der Waals surface area contributed by atoms with Gasteiger partial charge in [-0.1, -0.05) is 13.0 Å². The number of carboxylic acids is 1. The lowest BCUT2D eigenvalue weighted by Gasteiger charge is -2.04. The Morgan fingerprint density at radius 2 is 2.00 bits per heavy atom. The van der Waals surface area contributed by atoms with Crippen molar-refractivity contribution >= 4 is 17.6 Å². The molecule has 0 saturated carbocycles. The SMILES string of the molecule is CCc1ccc(C(=O)O)cc1C.FC(F)(F)NCCCl. The van der Waals surface area contributed by atoms with Crippen LogP contribution in [-0.2, 0) is 6.42 Å². The lowest BCUT2D eigenvalue weighted by atomic mass is 10.0. The lowest BCUT2D eigenvalue weighted by Crippen LogP contribution is -2.32. The number of carboxylic acid groups (broad SMARTS) is 1. The summed E-state index contributed by atoms with van der Waals surface area (Å²) < 4.78 is 33.2. The van der Waals surface area contributed by atoms with Crippen molar-refractivity contribution in [1.29, 1.82) is 0 Å². The molecule has 0 aliphatic heterocycles. The van der Waals surface area contributed by atoms with Crippen molar-refractivity contribution in [2.75, 3.05) is 12.4 Å². The van der Waals surface area contributed by atoms with Crippen LogP contribution in [0.25, 0.3) is 0 Å². The normalized spacial score (nSPS) is 10.7. The fourth-order valence-electron chi connectivity index (χ4n) is 1.41. The number of halogens is 4. The number of rotatable bonds is 4. The first-order valence-corrected chi connectivity index (χ1v) is 6.45. The van der Waals surface area contributed by atoms with Gasteiger partial charge in [0.25, 0.3) is 0 Å². The smallest absolute Gasteiger partial charge is 0.457 e. The van der Waals surface area contributed by atoms with Gasteiger partial charge in [-0.05, 0) is 36.6 Å². The van der Waals surface area contributed by atoms with Crippen LogP contribution in [0, 0.1) is 6.92 Å². The van der Waals surface area contributed by atoms with E-state index in [0.717, 1.165) is 12.0 Å². The Morgan fingerprint density at radius 3 is 2.30 bits per heavy atom. The molecule has 0 heterocycles. The topological polar surface area (TPSA) is 49.3 Å². The highest BCUT2D eigenvalue weighted by Gasteiger charge is 2.25. The molecule has 0 atom stereocenters. The van der Waals surface area contributed by atoms with Crippen molar-refractivity contribution in [1.82, 2.24) is 5.32 Å². The van der Waals surface area contributed by atoms with Crippen LogP contribution in [0.2, 0.25) is 0 Å². The predicted octanol–water partition coefficient (Wildman–Crippen LogP) is 3.59. The van der Waals surface area contributed by atoms with Crippen LogP contribution in [-0.4, -0.2) is 29.8 Å². The molecule has 0 unspecified atom stereocenters. The van der Waals surface area contributed by atoms with Crippen molar-refractivity contribution in [3.8, 4) is 0 Å². The summed E-state index contributed by atoms with van der Waals surface area (Å²) in [6.45, 7) is 3.76. The third-order valence-corrected chi connectivity index (χ3v) is 2.58. The molecule has 114 valence electrons. The highest BCUT2D eigenvalue weighted by atomic mass is 35.5. The molecule has 0 aliphatic rings. The molecule has 0 spiro atoms. The Morgan fingerprint density at radius 1 is 1.40 bits per heavy atom. The second-order valence-corrected chi connectivity index (χ2v) is 4.29. The molecule has 0 aliphatic carbocycles. The number of hydrogen-bond donors (Lipinski definition) is 2. The first-order valence-electron chi connectivity index (χ1n) is 5.91. The molecule has 0 fully saturated rings. The van der Waals surface area contributed by atoms with Crippen molar-refractivity contribution in [2.24, 2.45) is 0 Å². The second-order valence-electron chi connectivity index (χ2n) is 3.91. The maximum Gasteiger partial charge on any atom is 0.457 e. The van der Waals surface area contributed by atoms with E-state index < -0.39 is 12.3 Å². The van der Waals surface area contributed by atoms with Crippen LogP contribution < -0.4 is 5.32 Å². The Balaban J connectivity index is 0.000000396. The van der Waals surface area contributed by atoms with Crippen molar-refractivity contribution in [2.45, 2.75) is 26.6 Å². The van der Waals surface area contributed by atoms with E-state index >= 15 is 0 Å². The molecule has 3 nitrogen and oxygen atoms in total. The molecule has 1 aromatic carbocycles. The fraction of sp³-hybridized carbons (Fsp3) is 0.462. The number of alkyl halides is 4. The highest BCUT2D eigenvalue weighted by molar-refractivity contribution is 6.18. The standard InChI is InChI=1S/C10H12O2.C3H5ClF3N/c1-3-8-4-5-9(10(11)12)6-7(8)2;4-1-2-8-3(5,6)7/h4-6H,3H2,1-2H3,(H,11,12);8H,1-2H2. The third kappa shape index (κ3) is 8.01. The zero-order valence-corrected chi connectivity index (χ0v) is 12.0. The molecule has 0 bridgehead atoms. The van der Waals surface area contributed by atoms with Gasteiger partial charge in [-0.3, -0.25) is 0 Å². The van der Waals surface area contributed by atoms with E-state index in [-0.39, 0.29) is 12.4 Å².